The molecule has 1 aliphatic heterocycles. The molecule has 128 valence electrons. The van der Waals surface area contributed by atoms with Crippen molar-refractivity contribution in [3.8, 4) is 0 Å². The Morgan fingerprint density at radius 1 is 1.52 bits per heavy atom. The Morgan fingerprint density at radius 3 is 2.87 bits per heavy atom. The summed E-state index contributed by atoms with van der Waals surface area (Å²) in [6.45, 7) is 2.00. The van der Waals surface area contributed by atoms with Crippen LogP contribution in [0.2, 0.25) is 0 Å². The molecule has 1 fully saturated rings. The van der Waals surface area contributed by atoms with Gasteiger partial charge in [0.1, 0.15) is 0 Å². The van der Waals surface area contributed by atoms with E-state index >= 15 is 0 Å². The summed E-state index contributed by atoms with van der Waals surface area (Å²) in [5.41, 5.74) is 0.482. The molecule has 2 heterocycles. The lowest BCUT2D eigenvalue weighted by Gasteiger charge is -2.23. The van der Waals surface area contributed by atoms with Crippen LogP contribution >= 0.6 is 11.8 Å². The van der Waals surface area contributed by atoms with Crippen LogP contribution in [-0.4, -0.2) is 59.5 Å². The third kappa shape index (κ3) is 5.07. The standard InChI is InChI=1S/C14H21N3O4S2/c1-3-4-10-7-12(18)16-14(15-10)22-8-13(19)17(2)11-5-6-23(20,21)9-11/h7,11H,3-6,8-9H2,1-2H3,(H,15,16,18)/t11-/m1/s1. The van der Waals surface area contributed by atoms with Crippen molar-refractivity contribution in [2.75, 3.05) is 24.3 Å². The number of nitrogens with zero attached hydrogens (tertiary/aromatic N) is 2. The number of aromatic nitrogens is 2. The van der Waals surface area contributed by atoms with Gasteiger partial charge in [-0.3, -0.25) is 9.59 Å². The average molecular weight is 359 g/mol. The highest BCUT2D eigenvalue weighted by molar-refractivity contribution is 7.99. The average Bonchev–Trinajstić information content (AvgIpc) is 2.84. The lowest BCUT2D eigenvalue weighted by molar-refractivity contribution is -0.128. The Kier molecular flexibility index (Phi) is 5.85. The van der Waals surface area contributed by atoms with Crippen molar-refractivity contribution in [2.24, 2.45) is 0 Å². The highest BCUT2D eigenvalue weighted by atomic mass is 32.2. The quantitative estimate of drug-likeness (QED) is 0.585. The maximum atomic E-state index is 12.2. The van der Waals surface area contributed by atoms with Crippen molar-refractivity contribution >= 4 is 27.5 Å². The largest absolute Gasteiger partial charge is 0.341 e. The minimum Gasteiger partial charge on any atom is -0.341 e. The number of aromatic amines is 1. The fourth-order valence-electron chi connectivity index (χ4n) is 2.45. The van der Waals surface area contributed by atoms with Crippen molar-refractivity contribution < 1.29 is 13.2 Å². The Hall–Kier alpha value is -1.35. The molecule has 0 aliphatic carbocycles. The van der Waals surface area contributed by atoms with E-state index < -0.39 is 9.84 Å². The van der Waals surface area contributed by atoms with E-state index in [-0.39, 0.29) is 34.8 Å². The van der Waals surface area contributed by atoms with E-state index in [0.717, 1.165) is 18.2 Å². The molecular formula is C14H21N3O4S2. The predicted octanol–water partition coefficient (Wildman–Crippen LogP) is 0.460. The summed E-state index contributed by atoms with van der Waals surface area (Å²) in [6.07, 6.45) is 2.08. The van der Waals surface area contributed by atoms with Crippen LogP contribution < -0.4 is 5.56 Å². The zero-order chi connectivity index (χ0) is 17.0. The van der Waals surface area contributed by atoms with Gasteiger partial charge < -0.3 is 9.88 Å². The second-order valence-corrected chi connectivity index (χ2v) is 8.83. The van der Waals surface area contributed by atoms with Gasteiger partial charge in [0.2, 0.25) is 5.91 Å². The Labute approximate surface area is 139 Å². The van der Waals surface area contributed by atoms with Gasteiger partial charge in [0, 0.05) is 24.8 Å². The van der Waals surface area contributed by atoms with Crippen LogP contribution in [0.15, 0.2) is 16.0 Å². The van der Waals surface area contributed by atoms with Crippen LogP contribution in [0.1, 0.15) is 25.5 Å². The summed E-state index contributed by atoms with van der Waals surface area (Å²) < 4.78 is 23.0. The van der Waals surface area contributed by atoms with Crippen molar-refractivity contribution in [1.29, 1.82) is 0 Å². The number of hydrogen-bond donors (Lipinski definition) is 1. The van der Waals surface area contributed by atoms with Gasteiger partial charge in [-0.2, -0.15) is 0 Å². The second-order valence-electron chi connectivity index (χ2n) is 5.64. The molecule has 1 aliphatic rings. The van der Waals surface area contributed by atoms with Crippen molar-refractivity contribution in [3.05, 3.63) is 22.1 Å². The topological polar surface area (TPSA) is 100 Å². The highest BCUT2D eigenvalue weighted by Crippen LogP contribution is 2.19. The smallest absolute Gasteiger partial charge is 0.251 e. The van der Waals surface area contributed by atoms with Crippen LogP contribution in [0.3, 0.4) is 0 Å². The van der Waals surface area contributed by atoms with Gasteiger partial charge >= 0.3 is 0 Å². The molecule has 0 spiro atoms. The van der Waals surface area contributed by atoms with E-state index in [9.17, 15) is 18.0 Å². The van der Waals surface area contributed by atoms with Gasteiger partial charge in [0.05, 0.1) is 17.3 Å². The van der Waals surface area contributed by atoms with E-state index in [0.29, 0.717) is 23.7 Å². The molecular weight excluding hydrogens is 338 g/mol. The summed E-state index contributed by atoms with van der Waals surface area (Å²) in [5.74, 6) is 0.115. The number of carbonyl (C=O) groups is 1. The molecule has 1 N–H and O–H groups in total. The molecule has 1 amide bonds. The van der Waals surface area contributed by atoms with Gasteiger partial charge in [-0.25, -0.2) is 13.4 Å². The van der Waals surface area contributed by atoms with Crippen LogP contribution in [0, 0.1) is 0 Å². The van der Waals surface area contributed by atoms with Crippen LogP contribution in [-0.2, 0) is 21.1 Å². The first-order chi connectivity index (χ1) is 10.8. The summed E-state index contributed by atoms with van der Waals surface area (Å²) in [7, 11) is -1.40. The number of carbonyl (C=O) groups excluding carboxylic acids is 1. The Morgan fingerprint density at radius 2 is 2.26 bits per heavy atom. The zero-order valence-electron chi connectivity index (χ0n) is 13.2. The number of thioether (sulfide) groups is 1. The first-order valence-electron chi connectivity index (χ1n) is 7.50. The molecule has 2 rings (SSSR count). The molecule has 7 nitrogen and oxygen atoms in total. The van der Waals surface area contributed by atoms with E-state index in [1.54, 1.807) is 7.05 Å². The van der Waals surface area contributed by atoms with Gasteiger partial charge in [0.15, 0.2) is 15.0 Å². The molecule has 9 heteroatoms. The van der Waals surface area contributed by atoms with E-state index in [1.807, 2.05) is 6.92 Å². The molecule has 0 radical (unpaired) electrons. The molecule has 23 heavy (non-hydrogen) atoms. The molecule has 0 unspecified atom stereocenters. The third-order valence-corrected chi connectivity index (χ3v) is 6.37. The zero-order valence-corrected chi connectivity index (χ0v) is 14.9. The molecule has 1 aromatic rings. The highest BCUT2D eigenvalue weighted by Gasteiger charge is 2.32. The van der Waals surface area contributed by atoms with E-state index in [1.165, 1.54) is 11.0 Å². The van der Waals surface area contributed by atoms with Gasteiger partial charge in [-0.1, -0.05) is 25.1 Å². The maximum absolute atomic E-state index is 12.2. The van der Waals surface area contributed by atoms with E-state index in [4.69, 9.17) is 0 Å². The molecule has 0 bridgehead atoms. The first-order valence-corrected chi connectivity index (χ1v) is 10.3. The van der Waals surface area contributed by atoms with Crippen LogP contribution in [0.5, 0.6) is 0 Å². The lowest BCUT2D eigenvalue weighted by Crippen LogP contribution is -2.38. The number of nitrogens with one attached hydrogen (secondary N) is 1. The van der Waals surface area contributed by atoms with E-state index in [2.05, 4.69) is 9.97 Å². The van der Waals surface area contributed by atoms with Gasteiger partial charge in [-0.15, -0.1) is 0 Å². The lowest BCUT2D eigenvalue weighted by atomic mass is 10.2. The third-order valence-electron chi connectivity index (χ3n) is 3.76. The normalized spacial score (nSPS) is 19.7. The number of sulfone groups is 1. The second kappa shape index (κ2) is 7.48. The molecule has 1 aromatic heterocycles. The predicted molar refractivity (Wildman–Crippen MR) is 89.4 cm³/mol. The van der Waals surface area contributed by atoms with Crippen LogP contribution in [0.4, 0.5) is 0 Å². The van der Waals surface area contributed by atoms with Gasteiger partial charge in [-0.05, 0) is 12.8 Å². The fraction of sp³-hybridized carbons (Fsp3) is 0.643. The number of H-pyrrole nitrogens is 1. The monoisotopic (exact) mass is 359 g/mol. The van der Waals surface area contributed by atoms with Crippen LogP contribution in [0.25, 0.3) is 0 Å². The van der Waals surface area contributed by atoms with Crippen molar-refractivity contribution in [2.45, 2.75) is 37.4 Å². The number of amides is 1. The Balaban J connectivity index is 1.95. The van der Waals surface area contributed by atoms with Gasteiger partial charge in [0.25, 0.3) is 5.56 Å². The number of aryl methyl sites for hydroxylation is 1. The SMILES string of the molecule is CCCc1cc(=O)[nH]c(SCC(=O)N(C)[C@@H]2CCS(=O)(=O)C2)n1. The summed E-state index contributed by atoms with van der Waals surface area (Å²) in [4.78, 5) is 32.2. The number of hydrogen-bond acceptors (Lipinski definition) is 6. The number of rotatable bonds is 6. The summed E-state index contributed by atoms with van der Waals surface area (Å²) >= 11 is 1.16. The summed E-state index contributed by atoms with van der Waals surface area (Å²) in [6, 6.07) is 1.21. The fourth-order valence-corrected chi connectivity index (χ4v) is 5.05. The molecule has 1 atom stereocenters. The molecule has 0 saturated carbocycles. The molecule has 0 aromatic carbocycles. The maximum Gasteiger partial charge on any atom is 0.251 e. The summed E-state index contributed by atoms with van der Waals surface area (Å²) in [5, 5.41) is 0.418. The first kappa shape index (κ1) is 18.0. The Bertz CT molecular complexity index is 730. The minimum absolute atomic E-state index is 0.0287. The van der Waals surface area contributed by atoms with Crippen molar-refractivity contribution in [1.82, 2.24) is 14.9 Å². The van der Waals surface area contributed by atoms with Crippen molar-refractivity contribution in [3.63, 3.8) is 0 Å². The molecule has 1 saturated heterocycles. The minimum atomic E-state index is -3.02.